The van der Waals surface area contributed by atoms with Gasteiger partial charge in [-0.3, -0.25) is 4.79 Å². The summed E-state index contributed by atoms with van der Waals surface area (Å²) in [5, 5.41) is 7.01. The Kier molecular flexibility index (Phi) is 3.62. The third-order valence-corrected chi connectivity index (χ3v) is 2.49. The molecular formula is C13H16N4O. The van der Waals surface area contributed by atoms with Crippen LogP contribution in [0.2, 0.25) is 0 Å². The Morgan fingerprint density at radius 2 is 2.28 bits per heavy atom. The van der Waals surface area contributed by atoms with Crippen LogP contribution in [0.25, 0.3) is 5.69 Å². The van der Waals surface area contributed by atoms with Crippen molar-refractivity contribution < 1.29 is 4.79 Å². The van der Waals surface area contributed by atoms with E-state index in [1.807, 2.05) is 25.1 Å². The lowest BCUT2D eigenvalue weighted by molar-refractivity contribution is 0.0948. The third kappa shape index (κ3) is 2.68. The number of nitrogen functional groups attached to an aromatic ring is 1. The Bertz CT molecular complexity index is 547. The highest BCUT2D eigenvalue weighted by molar-refractivity contribution is 5.92. The monoisotopic (exact) mass is 244 g/mol. The quantitative estimate of drug-likeness (QED) is 0.802. The minimum Gasteiger partial charge on any atom is -0.399 e. The molecule has 0 saturated heterocycles. The Morgan fingerprint density at radius 3 is 3.00 bits per heavy atom. The summed E-state index contributed by atoms with van der Waals surface area (Å²) in [6, 6.07) is 9.04. The molecule has 0 aliphatic carbocycles. The Hall–Kier alpha value is -2.30. The van der Waals surface area contributed by atoms with E-state index in [4.69, 9.17) is 5.73 Å². The zero-order valence-corrected chi connectivity index (χ0v) is 10.3. The smallest absolute Gasteiger partial charge is 0.271 e. The highest BCUT2D eigenvalue weighted by Crippen LogP contribution is 2.11. The molecule has 0 unspecified atom stereocenters. The van der Waals surface area contributed by atoms with Crippen LogP contribution in [0.3, 0.4) is 0 Å². The van der Waals surface area contributed by atoms with Gasteiger partial charge in [0.15, 0.2) is 5.69 Å². The molecule has 1 aromatic carbocycles. The zero-order chi connectivity index (χ0) is 13.0. The number of anilines is 1. The van der Waals surface area contributed by atoms with E-state index in [9.17, 15) is 4.79 Å². The van der Waals surface area contributed by atoms with Gasteiger partial charge in [0.25, 0.3) is 5.91 Å². The SMILES string of the molecule is CCCNC(=O)c1ccn(-c2cccc(N)c2)n1. The van der Waals surface area contributed by atoms with E-state index in [2.05, 4.69) is 10.4 Å². The molecule has 0 saturated carbocycles. The number of nitrogens with two attached hydrogens (primary N) is 1. The van der Waals surface area contributed by atoms with Crippen molar-refractivity contribution in [1.82, 2.24) is 15.1 Å². The maximum absolute atomic E-state index is 11.7. The number of aromatic nitrogens is 2. The topological polar surface area (TPSA) is 72.9 Å². The van der Waals surface area contributed by atoms with Gasteiger partial charge in [0.2, 0.25) is 0 Å². The van der Waals surface area contributed by atoms with Gasteiger partial charge in [-0.2, -0.15) is 5.10 Å². The summed E-state index contributed by atoms with van der Waals surface area (Å²) < 4.78 is 1.64. The first-order chi connectivity index (χ1) is 8.70. The van der Waals surface area contributed by atoms with Crippen molar-refractivity contribution in [3.8, 4) is 5.69 Å². The molecule has 0 fully saturated rings. The number of carbonyl (C=O) groups excluding carboxylic acids is 1. The van der Waals surface area contributed by atoms with Gasteiger partial charge in [0, 0.05) is 18.4 Å². The van der Waals surface area contributed by atoms with Gasteiger partial charge >= 0.3 is 0 Å². The molecule has 3 N–H and O–H groups in total. The molecule has 1 aromatic heterocycles. The lowest BCUT2D eigenvalue weighted by atomic mass is 10.3. The van der Waals surface area contributed by atoms with Gasteiger partial charge in [-0.05, 0) is 30.7 Å². The fourth-order valence-corrected chi connectivity index (χ4v) is 1.59. The molecule has 18 heavy (non-hydrogen) atoms. The van der Waals surface area contributed by atoms with Gasteiger partial charge in [-0.1, -0.05) is 13.0 Å². The average Bonchev–Trinajstić information content (AvgIpc) is 2.85. The number of benzene rings is 1. The maximum atomic E-state index is 11.7. The molecule has 2 rings (SSSR count). The highest BCUT2D eigenvalue weighted by Gasteiger charge is 2.09. The van der Waals surface area contributed by atoms with Crippen molar-refractivity contribution in [3.63, 3.8) is 0 Å². The Morgan fingerprint density at radius 1 is 1.44 bits per heavy atom. The molecule has 5 heteroatoms. The summed E-state index contributed by atoms with van der Waals surface area (Å²) in [6.45, 7) is 2.66. The first-order valence-corrected chi connectivity index (χ1v) is 5.90. The minimum atomic E-state index is -0.153. The Balaban J connectivity index is 2.17. The van der Waals surface area contributed by atoms with E-state index >= 15 is 0 Å². The van der Waals surface area contributed by atoms with Crippen LogP contribution >= 0.6 is 0 Å². The third-order valence-electron chi connectivity index (χ3n) is 2.49. The van der Waals surface area contributed by atoms with Crippen molar-refractivity contribution in [2.45, 2.75) is 13.3 Å². The molecule has 1 amide bonds. The van der Waals surface area contributed by atoms with Gasteiger partial charge in [-0.15, -0.1) is 0 Å². The normalized spacial score (nSPS) is 10.3. The summed E-state index contributed by atoms with van der Waals surface area (Å²) in [6.07, 6.45) is 2.65. The van der Waals surface area contributed by atoms with Crippen LogP contribution in [0.4, 0.5) is 5.69 Å². The van der Waals surface area contributed by atoms with Crippen molar-refractivity contribution in [2.24, 2.45) is 0 Å². The summed E-state index contributed by atoms with van der Waals surface area (Å²) in [7, 11) is 0. The summed E-state index contributed by atoms with van der Waals surface area (Å²) in [5.74, 6) is -0.153. The van der Waals surface area contributed by atoms with Gasteiger partial charge < -0.3 is 11.1 Å². The van der Waals surface area contributed by atoms with Crippen molar-refractivity contribution in [3.05, 3.63) is 42.2 Å². The molecular weight excluding hydrogens is 228 g/mol. The lowest BCUT2D eigenvalue weighted by Crippen LogP contribution is -2.24. The second-order valence-corrected chi connectivity index (χ2v) is 4.00. The number of hydrogen-bond acceptors (Lipinski definition) is 3. The van der Waals surface area contributed by atoms with Crippen LogP contribution < -0.4 is 11.1 Å². The minimum absolute atomic E-state index is 0.153. The van der Waals surface area contributed by atoms with E-state index in [-0.39, 0.29) is 5.91 Å². The van der Waals surface area contributed by atoms with Crippen LogP contribution in [0.1, 0.15) is 23.8 Å². The predicted octanol–water partition coefficient (Wildman–Crippen LogP) is 1.59. The number of hydrogen-bond donors (Lipinski definition) is 2. The number of carbonyl (C=O) groups is 1. The van der Waals surface area contributed by atoms with Crippen LogP contribution in [-0.4, -0.2) is 22.2 Å². The summed E-state index contributed by atoms with van der Waals surface area (Å²) >= 11 is 0. The fraction of sp³-hybridized carbons (Fsp3) is 0.231. The molecule has 94 valence electrons. The molecule has 0 aliphatic heterocycles. The van der Waals surface area contributed by atoms with Crippen molar-refractivity contribution in [2.75, 3.05) is 12.3 Å². The zero-order valence-electron chi connectivity index (χ0n) is 10.3. The largest absolute Gasteiger partial charge is 0.399 e. The van der Waals surface area contributed by atoms with Crippen LogP contribution in [0, 0.1) is 0 Å². The van der Waals surface area contributed by atoms with E-state index in [1.54, 1.807) is 23.0 Å². The molecule has 2 aromatic rings. The highest BCUT2D eigenvalue weighted by atomic mass is 16.1. The number of nitrogens with one attached hydrogen (secondary N) is 1. The van der Waals surface area contributed by atoms with Crippen LogP contribution in [0.15, 0.2) is 36.5 Å². The summed E-state index contributed by atoms with van der Waals surface area (Å²) in [4.78, 5) is 11.7. The number of amides is 1. The average molecular weight is 244 g/mol. The molecule has 0 bridgehead atoms. The van der Waals surface area contributed by atoms with Crippen molar-refractivity contribution in [1.29, 1.82) is 0 Å². The number of nitrogens with zero attached hydrogens (tertiary/aromatic N) is 2. The van der Waals surface area contributed by atoms with Gasteiger partial charge in [-0.25, -0.2) is 4.68 Å². The molecule has 0 aliphatic rings. The second kappa shape index (κ2) is 5.35. The predicted molar refractivity (Wildman–Crippen MR) is 70.6 cm³/mol. The van der Waals surface area contributed by atoms with E-state index in [1.165, 1.54) is 0 Å². The summed E-state index contributed by atoms with van der Waals surface area (Å²) in [5.41, 5.74) is 7.62. The van der Waals surface area contributed by atoms with Crippen LogP contribution in [-0.2, 0) is 0 Å². The van der Waals surface area contributed by atoms with Gasteiger partial charge in [0.1, 0.15) is 0 Å². The molecule has 0 spiro atoms. The molecule has 0 radical (unpaired) electrons. The molecule has 5 nitrogen and oxygen atoms in total. The van der Waals surface area contributed by atoms with E-state index < -0.39 is 0 Å². The van der Waals surface area contributed by atoms with E-state index in [0.29, 0.717) is 17.9 Å². The van der Waals surface area contributed by atoms with Gasteiger partial charge in [0.05, 0.1) is 5.69 Å². The van der Waals surface area contributed by atoms with E-state index in [0.717, 1.165) is 12.1 Å². The number of rotatable bonds is 4. The Labute approximate surface area is 106 Å². The first-order valence-electron chi connectivity index (χ1n) is 5.90. The standard InChI is InChI=1S/C13H16N4O/c1-2-7-15-13(18)12-6-8-17(16-12)11-5-3-4-10(14)9-11/h3-6,8-9H,2,7,14H2,1H3,(H,15,18). The van der Waals surface area contributed by atoms with Crippen LogP contribution in [0.5, 0.6) is 0 Å². The molecule has 0 atom stereocenters. The fourth-order valence-electron chi connectivity index (χ4n) is 1.59. The molecule has 1 heterocycles. The van der Waals surface area contributed by atoms with Crippen molar-refractivity contribution >= 4 is 11.6 Å². The second-order valence-electron chi connectivity index (χ2n) is 4.00. The first kappa shape index (κ1) is 12.2. The lowest BCUT2D eigenvalue weighted by Gasteiger charge is -2.02. The maximum Gasteiger partial charge on any atom is 0.271 e.